The van der Waals surface area contributed by atoms with E-state index in [0.717, 1.165) is 0 Å². The fourth-order valence-corrected chi connectivity index (χ4v) is 0.725. The van der Waals surface area contributed by atoms with Gasteiger partial charge in [0, 0.05) is 9.82 Å². The Balaban J connectivity index is 2.75. The van der Waals surface area contributed by atoms with Crippen LogP contribution in [0.25, 0.3) is 20.9 Å². The van der Waals surface area contributed by atoms with Crippen LogP contribution in [-0.4, -0.2) is 15.4 Å². The number of hydrogen-bond acceptors (Lipinski definition) is 4. The molecular formula is C4H5N9. The molecule has 0 radical (unpaired) electrons. The Bertz CT molecular complexity index is 330. The van der Waals surface area contributed by atoms with Gasteiger partial charge in [0.05, 0.1) is 24.5 Å². The van der Waals surface area contributed by atoms with Crippen LogP contribution >= 0.6 is 0 Å². The molecule has 0 saturated carbocycles. The monoisotopic (exact) mass is 179 g/mol. The Morgan fingerprint density at radius 3 is 1.92 bits per heavy atom. The normalized spacial score (nSPS) is 8.62. The summed E-state index contributed by atoms with van der Waals surface area (Å²) in [6.07, 6.45) is 0. The molecule has 0 unspecified atom stereocenters. The average molecular weight is 179 g/mol. The average Bonchev–Trinajstić information content (AvgIpc) is 2.59. The third-order valence-electron chi connectivity index (χ3n) is 1.27. The summed E-state index contributed by atoms with van der Waals surface area (Å²) in [5.74, 6) is 0. The first-order valence-corrected chi connectivity index (χ1v) is 3.28. The highest BCUT2D eigenvalue weighted by molar-refractivity contribution is 5.07. The molecule has 1 N–H and O–H groups in total. The van der Waals surface area contributed by atoms with Gasteiger partial charge < -0.3 is 0 Å². The Hall–Kier alpha value is -2.24. The van der Waals surface area contributed by atoms with Gasteiger partial charge in [-0.3, -0.25) is 0 Å². The molecule has 0 saturated heterocycles. The second-order valence-electron chi connectivity index (χ2n) is 1.99. The van der Waals surface area contributed by atoms with Crippen molar-refractivity contribution >= 4 is 0 Å². The summed E-state index contributed by atoms with van der Waals surface area (Å²) in [5, 5.41) is 16.4. The van der Waals surface area contributed by atoms with E-state index in [1.165, 1.54) is 0 Å². The van der Waals surface area contributed by atoms with Gasteiger partial charge >= 0.3 is 0 Å². The van der Waals surface area contributed by atoms with Crippen molar-refractivity contribution in [1.82, 2.24) is 15.4 Å². The van der Waals surface area contributed by atoms with Gasteiger partial charge in [-0.1, -0.05) is 10.2 Å². The summed E-state index contributed by atoms with van der Waals surface area (Å²) in [6, 6.07) is 0. The van der Waals surface area contributed by atoms with Crippen LogP contribution < -0.4 is 0 Å². The maximum absolute atomic E-state index is 8.05. The standard InChI is InChI=1S/C4H5N9/c5-11-7-1-3-4(2-8-12-6)10-13-9-3/h1-2H2,(H,9,10,13). The molecule has 0 spiro atoms. The minimum Gasteiger partial charge on any atom is -0.197 e. The molecule has 0 atom stereocenters. The molecule has 0 aromatic carbocycles. The van der Waals surface area contributed by atoms with E-state index in [0.29, 0.717) is 11.4 Å². The first kappa shape index (κ1) is 8.85. The Morgan fingerprint density at radius 2 is 1.54 bits per heavy atom. The molecule has 0 aliphatic carbocycles. The lowest BCUT2D eigenvalue weighted by atomic mass is 10.3. The number of rotatable bonds is 4. The van der Waals surface area contributed by atoms with Crippen molar-refractivity contribution in [2.24, 2.45) is 10.2 Å². The topological polar surface area (TPSA) is 139 Å². The SMILES string of the molecule is [N-]=[N+]=NCc1n[nH]nc1CN=[N+]=[N-]. The third kappa shape index (κ3) is 2.37. The molecule has 1 aromatic heterocycles. The van der Waals surface area contributed by atoms with Crippen LogP contribution in [0.3, 0.4) is 0 Å². The smallest absolute Gasteiger partial charge is 0.0916 e. The lowest BCUT2D eigenvalue weighted by Gasteiger charge is -1.89. The van der Waals surface area contributed by atoms with Crippen LogP contribution in [-0.2, 0) is 13.1 Å². The highest BCUT2D eigenvalue weighted by atomic mass is 15.3. The Morgan fingerprint density at radius 1 is 1.08 bits per heavy atom. The number of aromatic nitrogens is 3. The number of nitrogens with one attached hydrogen (secondary N) is 1. The number of nitrogens with zero attached hydrogens (tertiary/aromatic N) is 8. The van der Waals surface area contributed by atoms with Gasteiger partial charge in [0.25, 0.3) is 0 Å². The van der Waals surface area contributed by atoms with Gasteiger partial charge in [-0.2, -0.15) is 15.4 Å². The predicted octanol–water partition coefficient (Wildman–Crippen LogP) is 1.43. The molecule has 9 nitrogen and oxygen atoms in total. The van der Waals surface area contributed by atoms with Crippen LogP contribution in [0.2, 0.25) is 0 Å². The first-order chi connectivity index (χ1) is 6.38. The zero-order valence-electron chi connectivity index (χ0n) is 6.49. The Labute approximate surface area is 72.0 Å². The van der Waals surface area contributed by atoms with Crippen molar-refractivity contribution in [2.45, 2.75) is 13.1 Å². The molecule has 66 valence electrons. The van der Waals surface area contributed by atoms with Gasteiger partial charge in [-0.15, -0.1) is 0 Å². The Kier molecular flexibility index (Phi) is 3.13. The van der Waals surface area contributed by atoms with E-state index in [2.05, 4.69) is 35.5 Å². The van der Waals surface area contributed by atoms with E-state index in [-0.39, 0.29) is 13.1 Å². The van der Waals surface area contributed by atoms with Crippen LogP contribution in [0.5, 0.6) is 0 Å². The molecule has 9 heteroatoms. The summed E-state index contributed by atoms with van der Waals surface area (Å²) in [4.78, 5) is 5.14. The lowest BCUT2D eigenvalue weighted by Crippen LogP contribution is -1.89. The van der Waals surface area contributed by atoms with E-state index < -0.39 is 0 Å². The van der Waals surface area contributed by atoms with E-state index in [9.17, 15) is 0 Å². The third-order valence-corrected chi connectivity index (χ3v) is 1.27. The van der Waals surface area contributed by atoms with Crippen molar-refractivity contribution < 1.29 is 0 Å². The summed E-state index contributed by atoms with van der Waals surface area (Å²) < 4.78 is 0. The molecule has 0 bridgehead atoms. The van der Waals surface area contributed by atoms with Crippen molar-refractivity contribution in [2.75, 3.05) is 0 Å². The highest BCUT2D eigenvalue weighted by Gasteiger charge is 2.04. The van der Waals surface area contributed by atoms with E-state index in [1.54, 1.807) is 0 Å². The fraction of sp³-hybridized carbons (Fsp3) is 0.500. The van der Waals surface area contributed by atoms with Crippen LogP contribution in [0.15, 0.2) is 10.2 Å². The van der Waals surface area contributed by atoms with Crippen LogP contribution in [0.4, 0.5) is 0 Å². The van der Waals surface area contributed by atoms with E-state index >= 15 is 0 Å². The largest absolute Gasteiger partial charge is 0.197 e. The number of H-pyrrole nitrogens is 1. The maximum atomic E-state index is 8.05. The van der Waals surface area contributed by atoms with E-state index in [4.69, 9.17) is 11.1 Å². The number of hydrogen-bond donors (Lipinski definition) is 1. The van der Waals surface area contributed by atoms with Crippen molar-refractivity contribution in [3.05, 3.63) is 32.3 Å². The zero-order valence-corrected chi connectivity index (χ0v) is 6.49. The molecule has 0 fully saturated rings. The molecular weight excluding hydrogens is 174 g/mol. The van der Waals surface area contributed by atoms with Crippen molar-refractivity contribution in [1.29, 1.82) is 0 Å². The first-order valence-electron chi connectivity index (χ1n) is 3.28. The molecule has 1 heterocycles. The van der Waals surface area contributed by atoms with Crippen LogP contribution in [0.1, 0.15) is 11.4 Å². The van der Waals surface area contributed by atoms with Gasteiger partial charge in [0.2, 0.25) is 0 Å². The van der Waals surface area contributed by atoms with Crippen molar-refractivity contribution in [3.8, 4) is 0 Å². The lowest BCUT2D eigenvalue weighted by molar-refractivity contribution is 0.890. The second-order valence-corrected chi connectivity index (χ2v) is 1.99. The van der Waals surface area contributed by atoms with Crippen LogP contribution in [0, 0.1) is 0 Å². The van der Waals surface area contributed by atoms with Crippen molar-refractivity contribution in [3.63, 3.8) is 0 Å². The van der Waals surface area contributed by atoms with E-state index in [1.807, 2.05) is 0 Å². The van der Waals surface area contributed by atoms with Gasteiger partial charge in [0.15, 0.2) is 0 Å². The quantitative estimate of drug-likeness (QED) is 0.424. The second kappa shape index (κ2) is 4.60. The fourth-order valence-electron chi connectivity index (χ4n) is 0.725. The van der Waals surface area contributed by atoms with Gasteiger partial charge in [-0.25, -0.2) is 0 Å². The summed E-state index contributed by atoms with van der Waals surface area (Å²) >= 11 is 0. The van der Waals surface area contributed by atoms with Gasteiger partial charge in [0.1, 0.15) is 0 Å². The zero-order chi connectivity index (χ0) is 9.52. The van der Waals surface area contributed by atoms with Gasteiger partial charge in [-0.05, 0) is 11.1 Å². The summed E-state index contributed by atoms with van der Waals surface area (Å²) in [6.45, 7) is 0.201. The molecule has 0 amide bonds. The number of aromatic amines is 1. The summed E-state index contributed by atoms with van der Waals surface area (Å²) in [5.41, 5.74) is 17.1. The molecule has 0 aliphatic heterocycles. The number of azide groups is 2. The predicted molar refractivity (Wildman–Crippen MR) is 42.1 cm³/mol. The molecule has 1 aromatic rings. The molecule has 13 heavy (non-hydrogen) atoms. The minimum atomic E-state index is 0.100. The minimum absolute atomic E-state index is 0.100. The molecule has 1 rings (SSSR count). The highest BCUT2D eigenvalue weighted by Crippen LogP contribution is 2.04. The maximum Gasteiger partial charge on any atom is 0.0916 e. The molecule has 0 aliphatic rings. The summed E-state index contributed by atoms with van der Waals surface area (Å²) in [7, 11) is 0.